The van der Waals surface area contributed by atoms with Crippen molar-refractivity contribution in [2.24, 2.45) is 12.0 Å². The number of aromatic nitrogens is 1. The molecule has 26 heavy (non-hydrogen) atoms. The fourth-order valence-corrected chi connectivity index (χ4v) is 3.51. The highest BCUT2D eigenvalue weighted by Gasteiger charge is 2.36. The molecule has 0 aliphatic carbocycles. The van der Waals surface area contributed by atoms with Gasteiger partial charge in [-0.15, -0.1) is 0 Å². The SMILES string of the molecule is Cc1cc(F)c(/N=C(\c2cccn2C)N(C)C)cc1[S+]([O-])CC(F)(F)F. The van der Waals surface area contributed by atoms with Gasteiger partial charge in [-0.25, -0.2) is 9.38 Å². The molecule has 0 bridgehead atoms. The van der Waals surface area contributed by atoms with E-state index in [2.05, 4.69) is 4.99 Å². The molecule has 0 N–H and O–H groups in total. The molecule has 0 radical (unpaired) electrons. The summed E-state index contributed by atoms with van der Waals surface area (Å²) in [7, 11) is 5.24. The Hall–Kier alpha value is -2.00. The first-order valence-electron chi connectivity index (χ1n) is 7.62. The lowest BCUT2D eigenvalue weighted by Crippen LogP contribution is -2.25. The maximum absolute atomic E-state index is 14.3. The largest absolute Gasteiger partial charge is 0.611 e. The number of halogens is 4. The van der Waals surface area contributed by atoms with Gasteiger partial charge in [0.1, 0.15) is 11.5 Å². The Kier molecular flexibility index (Phi) is 6.02. The average molecular weight is 389 g/mol. The van der Waals surface area contributed by atoms with Crippen molar-refractivity contribution in [3.05, 3.63) is 47.5 Å². The van der Waals surface area contributed by atoms with Crippen molar-refractivity contribution in [3.63, 3.8) is 0 Å². The van der Waals surface area contributed by atoms with Gasteiger partial charge in [0.25, 0.3) is 0 Å². The molecule has 2 rings (SSSR count). The Morgan fingerprint density at radius 1 is 1.31 bits per heavy atom. The first-order valence-corrected chi connectivity index (χ1v) is 8.94. The molecule has 4 nitrogen and oxygen atoms in total. The Balaban J connectivity index is 2.52. The molecule has 0 aliphatic rings. The number of aliphatic imine (C=N–C) groups is 1. The monoisotopic (exact) mass is 389 g/mol. The fraction of sp³-hybridized carbons (Fsp3) is 0.353. The van der Waals surface area contributed by atoms with Gasteiger partial charge in [0, 0.05) is 39.0 Å². The van der Waals surface area contributed by atoms with Gasteiger partial charge in [0.05, 0.1) is 5.69 Å². The van der Waals surface area contributed by atoms with Crippen LogP contribution in [0.5, 0.6) is 0 Å². The maximum Gasteiger partial charge on any atom is 0.433 e. The predicted molar refractivity (Wildman–Crippen MR) is 93.8 cm³/mol. The molecule has 1 heterocycles. The summed E-state index contributed by atoms with van der Waals surface area (Å²) in [6.07, 6.45) is -2.78. The number of nitrogens with zero attached hydrogens (tertiary/aromatic N) is 3. The van der Waals surface area contributed by atoms with Crippen LogP contribution in [0.25, 0.3) is 0 Å². The van der Waals surface area contributed by atoms with Crippen LogP contribution in [-0.4, -0.2) is 45.9 Å². The van der Waals surface area contributed by atoms with Gasteiger partial charge < -0.3 is 14.0 Å². The van der Waals surface area contributed by atoms with E-state index in [4.69, 9.17) is 0 Å². The minimum Gasteiger partial charge on any atom is -0.611 e. The van der Waals surface area contributed by atoms with Crippen LogP contribution in [0.15, 0.2) is 40.4 Å². The third-order valence-electron chi connectivity index (χ3n) is 3.61. The number of rotatable bonds is 4. The zero-order valence-corrected chi connectivity index (χ0v) is 15.6. The van der Waals surface area contributed by atoms with Crippen molar-refractivity contribution in [2.75, 3.05) is 19.8 Å². The van der Waals surface area contributed by atoms with E-state index in [1.165, 1.54) is 6.92 Å². The summed E-state index contributed by atoms with van der Waals surface area (Å²) >= 11 is -2.33. The molecule has 9 heteroatoms. The summed E-state index contributed by atoms with van der Waals surface area (Å²) in [4.78, 5) is 5.86. The number of aryl methyl sites for hydroxylation is 2. The van der Waals surface area contributed by atoms with Gasteiger partial charge in [0.2, 0.25) is 5.75 Å². The highest BCUT2D eigenvalue weighted by molar-refractivity contribution is 7.91. The van der Waals surface area contributed by atoms with E-state index < -0.39 is 28.9 Å². The molecule has 0 amide bonds. The van der Waals surface area contributed by atoms with Crippen molar-refractivity contribution in [2.45, 2.75) is 18.0 Å². The van der Waals surface area contributed by atoms with E-state index in [-0.39, 0.29) is 16.1 Å². The van der Waals surface area contributed by atoms with Gasteiger partial charge in [-0.3, -0.25) is 0 Å². The molecule has 0 spiro atoms. The van der Waals surface area contributed by atoms with Gasteiger partial charge in [-0.05, 0) is 36.3 Å². The lowest BCUT2D eigenvalue weighted by atomic mass is 10.2. The zero-order valence-electron chi connectivity index (χ0n) is 14.8. The highest BCUT2D eigenvalue weighted by Crippen LogP contribution is 2.30. The summed E-state index contributed by atoms with van der Waals surface area (Å²) in [6, 6.07) is 5.76. The first kappa shape index (κ1) is 20.3. The van der Waals surface area contributed by atoms with E-state index in [1.54, 1.807) is 48.9 Å². The smallest absolute Gasteiger partial charge is 0.433 e. The van der Waals surface area contributed by atoms with Crippen LogP contribution >= 0.6 is 0 Å². The topological polar surface area (TPSA) is 43.6 Å². The van der Waals surface area contributed by atoms with Crippen LogP contribution in [0.1, 0.15) is 11.3 Å². The normalized spacial score (nSPS) is 13.8. The Labute approximate surface area is 152 Å². The van der Waals surface area contributed by atoms with Gasteiger partial charge in [-0.1, -0.05) is 0 Å². The van der Waals surface area contributed by atoms with Gasteiger partial charge >= 0.3 is 6.18 Å². The molecule has 1 unspecified atom stereocenters. The standard InChI is InChI=1S/C17H19F4N3OS/c1-11-8-12(18)13(9-15(11)26(25)10-17(19,20)21)22-16(23(2)3)14-6-5-7-24(14)4/h5-9H,10H2,1-4H3/b22-16+. The summed E-state index contributed by atoms with van der Waals surface area (Å²) in [6.45, 7) is 1.42. The van der Waals surface area contributed by atoms with E-state index in [9.17, 15) is 22.1 Å². The maximum atomic E-state index is 14.3. The number of benzene rings is 1. The average Bonchev–Trinajstić information content (AvgIpc) is 2.90. The molecule has 142 valence electrons. The number of amidine groups is 1. The number of hydrogen-bond acceptors (Lipinski definition) is 2. The van der Waals surface area contributed by atoms with Crippen molar-refractivity contribution >= 4 is 22.7 Å². The minimum absolute atomic E-state index is 0.0764. The van der Waals surface area contributed by atoms with Crippen LogP contribution < -0.4 is 0 Å². The second-order valence-corrected chi connectivity index (χ2v) is 7.43. The molecule has 2 aromatic rings. The molecule has 0 fully saturated rings. The van der Waals surface area contributed by atoms with Crippen LogP contribution in [0.4, 0.5) is 23.2 Å². The lowest BCUT2D eigenvalue weighted by molar-refractivity contribution is -0.106. The first-order chi connectivity index (χ1) is 12.0. The lowest BCUT2D eigenvalue weighted by Gasteiger charge is -2.18. The molecule has 1 aromatic heterocycles. The van der Waals surface area contributed by atoms with Gasteiger partial charge in [-0.2, -0.15) is 13.2 Å². The van der Waals surface area contributed by atoms with Crippen molar-refractivity contribution in [3.8, 4) is 0 Å². The van der Waals surface area contributed by atoms with Crippen LogP contribution in [-0.2, 0) is 18.2 Å². The van der Waals surface area contributed by atoms with Crippen molar-refractivity contribution in [1.82, 2.24) is 9.47 Å². The molecule has 0 saturated carbocycles. The molecular formula is C17H19F4N3OS. The third-order valence-corrected chi connectivity index (χ3v) is 5.13. The van der Waals surface area contributed by atoms with Crippen LogP contribution in [0.2, 0.25) is 0 Å². The molecule has 1 atom stereocenters. The van der Waals surface area contributed by atoms with E-state index in [0.29, 0.717) is 11.5 Å². The van der Waals surface area contributed by atoms with E-state index in [1.807, 2.05) is 0 Å². The van der Waals surface area contributed by atoms with Crippen LogP contribution in [0, 0.1) is 12.7 Å². The summed E-state index contributed by atoms with van der Waals surface area (Å²) in [5, 5.41) is 0. The quantitative estimate of drug-likeness (QED) is 0.346. The number of alkyl halides is 3. The fourth-order valence-electron chi connectivity index (χ4n) is 2.39. The predicted octanol–water partition coefficient (Wildman–Crippen LogP) is 3.78. The second kappa shape index (κ2) is 7.71. The molecule has 0 saturated heterocycles. The van der Waals surface area contributed by atoms with Gasteiger partial charge in [0.15, 0.2) is 10.7 Å². The van der Waals surface area contributed by atoms with Crippen molar-refractivity contribution in [1.29, 1.82) is 0 Å². The summed E-state index contributed by atoms with van der Waals surface area (Å²) < 4.78 is 65.8. The number of hydrogen-bond donors (Lipinski definition) is 0. The zero-order chi connectivity index (χ0) is 19.6. The Morgan fingerprint density at radius 2 is 1.96 bits per heavy atom. The minimum atomic E-state index is -4.58. The van der Waals surface area contributed by atoms with E-state index in [0.717, 1.165) is 12.1 Å². The molecule has 0 aliphatic heterocycles. The molecular weight excluding hydrogens is 370 g/mol. The molecule has 1 aromatic carbocycles. The van der Waals surface area contributed by atoms with Crippen LogP contribution in [0.3, 0.4) is 0 Å². The third kappa shape index (κ3) is 4.79. The summed E-state index contributed by atoms with van der Waals surface area (Å²) in [5.74, 6) is -1.75. The van der Waals surface area contributed by atoms with Crippen molar-refractivity contribution < 1.29 is 22.1 Å². The Bertz CT molecular complexity index is 815. The highest BCUT2D eigenvalue weighted by atomic mass is 32.2. The Morgan fingerprint density at radius 3 is 2.46 bits per heavy atom. The second-order valence-electron chi connectivity index (χ2n) is 6.01. The van der Waals surface area contributed by atoms with E-state index >= 15 is 0 Å². The summed E-state index contributed by atoms with van der Waals surface area (Å²) in [5.41, 5.74) is 0.730.